The van der Waals surface area contributed by atoms with Gasteiger partial charge in [0.2, 0.25) is 5.91 Å². The predicted molar refractivity (Wildman–Crippen MR) is 113 cm³/mol. The van der Waals surface area contributed by atoms with E-state index in [1.54, 1.807) is 30.0 Å². The van der Waals surface area contributed by atoms with Crippen LogP contribution in [0.3, 0.4) is 0 Å². The summed E-state index contributed by atoms with van der Waals surface area (Å²) in [7, 11) is 0. The van der Waals surface area contributed by atoms with Crippen LogP contribution in [-0.4, -0.2) is 24.0 Å². The second-order valence-corrected chi connectivity index (χ2v) is 8.67. The molecule has 2 aromatic rings. The molecular weight excluding hydrogens is 436 g/mol. The van der Waals surface area contributed by atoms with E-state index in [0.717, 1.165) is 17.1 Å². The fraction of sp³-hybridized carbons (Fsp3) is 0.278. The van der Waals surface area contributed by atoms with Crippen LogP contribution >= 0.6 is 58.3 Å². The van der Waals surface area contributed by atoms with Crippen LogP contribution in [0.1, 0.15) is 11.1 Å². The zero-order chi connectivity index (χ0) is 18.9. The van der Waals surface area contributed by atoms with Crippen molar-refractivity contribution in [2.75, 3.05) is 18.1 Å². The molecule has 0 unspecified atom stereocenters. The minimum atomic E-state index is -0.345. The third-order valence-electron chi connectivity index (χ3n) is 3.38. The zero-order valence-electron chi connectivity index (χ0n) is 13.7. The maximum Gasteiger partial charge on any atom is 0.230 e. The van der Waals surface area contributed by atoms with Crippen molar-refractivity contribution in [2.24, 2.45) is 0 Å². The van der Waals surface area contributed by atoms with Gasteiger partial charge >= 0.3 is 0 Å². The lowest BCUT2D eigenvalue weighted by Gasteiger charge is -2.08. The predicted octanol–water partition coefficient (Wildman–Crippen LogP) is 6.07. The summed E-state index contributed by atoms with van der Waals surface area (Å²) in [5, 5.41) is 4.50. The lowest BCUT2D eigenvalue weighted by atomic mass is 10.2. The Labute approximate surface area is 176 Å². The van der Waals surface area contributed by atoms with E-state index in [2.05, 4.69) is 5.32 Å². The number of nitrogens with one attached hydrogen (secondary N) is 1. The summed E-state index contributed by atoms with van der Waals surface area (Å²) in [6.07, 6.45) is 0. The van der Waals surface area contributed by atoms with Gasteiger partial charge in [0, 0.05) is 44.4 Å². The summed E-state index contributed by atoms with van der Waals surface area (Å²) in [4.78, 5) is 11.8. The molecule has 2 aromatic carbocycles. The monoisotopic (exact) mass is 451 g/mol. The number of amides is 1. The van der Waals surface area contributed by atoms with Gasteiger partial charge in [-0.3, -0.25) is 4.79 Å². The molecule has 0 bridgehead atoms. The van der Waals surface area contributed by atoms with Crippen molar-refractivity contribution in [3.8, 4) is 0 Å². The Balaban J connectivity index is 1.60. The van der Waals surface area contributed by atoms with Crippen LogP contribution in [0.15, 0.2) is 36.4 Å². The van der Waals surface area contributed by atoms with Crippen LogP contribution in [0.4, 0.5) is 4.39 Å². The third-order valence-corrected chi connectivity index (χ3v) is 6.29. The molecule has 1 N–H and O–H groups in total. The second-order valence-electron chi connectivity index (χ2n) is 5.33. The molecule has 0 fully saturated rings. The Morgan fingerprint density at radius 1 is 1.04 bits per heavy atom. The van der Waals surface area contributed by atoms with E-state index in [1.165, 1.54) is 17.8 Å². The van der Waals surface area contributed by atoms with Gasteiger partial charge in [0.05, 0.1) is 5.75 Å². The van der Waals surface area contributed by atoms with Crippen molar-refractivity contribution in [1.29, 1.82) is 0 Å². The van der Waals surface area contributed by atoms with Crippen LogP contribution < -0.4 is 5.32 Å². The largest absolute Gasteiger partial charge is 0.355 e. The van der Waals surface area contributed by atoms with E-state index < -0.39 is 0 Å². The number of thioether (sulfide) groups is 2. The molecule has 0 spiro atoms. The number of hydrogen-bond donors (Lipinski definition) is 1. The van der Waals surface area contributed by atoms with E-state index in [-0.39, 0.29) is 17.5 Å². The van der Waals surface area contributed by atoms with Crippen molar-refractivity contribution in [3.05, 3.63) is 68.4 Å². The van der Waals surface area contributed by atoms with Gasteiger partial charge in [-0.25, -0.2) is 4.39 Å². The summed E-state index contributed by atoms with van der Waals surface area (Å²) in [5.74, 6) is 1.73. The number of rotatable bonds is 9. The van der Waals surface area contributed by atoms with E-state index >= 15 is 0 Å². The van der Waals surface area contributed by atoms with Crippen molar-refractivity contribution in [2.45, 2.75) is 11.5 Å². The summed E-state index contributed by atoms with van der Waals surface area (Å²) < 4.78 is 13.6. The first-order valence-corrected chi connectivity index (χ1v) is 11.2. The topological polar surface area (TPSA) is 29.1 Å². The maximum atomic E-state index is 13.6. The molecule has 0 heterocycles. The molecule has 0 radical (unpaired) electrons. The highest BCUT2D eigenvalue weighted by molar-refractivity contribution is 7.99. The molecule has 2 nitrogen and oxygen atoms in total. The molecule has 0 aliphatic rings. The number of carbonyl (C=O) groups excluding carboxylic acids is 1. The Kier molecular flexibility index (Phi) is 9.43. The first kappa shape index (κ1) is 21.7. The molecule has 0 aromatic heterocycles. The average molecular weight is 453 g/mol. The Morgan fingerprint density at radius 2 is 1.85 bits per heavy atom. The number of hydrogen-bond acceptors (Lipinski definition) is 3. The smallest absolute Gasteiger partial charge is 0.230 e. The highest BCUT2D eigenvalue weighted by atomic mass is 35.5. The number of carbonyl (C=O) groups is 1. The second kappa shape index (κ2) is 11.3. The molecular formula is C18H17Cl3FNOS2. The minimum Gasteiger partial charge on any atom is -0.355 e. The molecule has 0 aliphatic heterocycles. The third kappa shape index (κ3) is 7.20. The SMILES string of the molecule is O=C(CSCc1c(F)cccc1Cl)NCCSCc1ccc(Cl)cc1Cl. The molecule has 1 amide bonds. The highest BCUT2D eigenvalue weighted by Crippen LogP contribution is 2.25. The van der Waals surface area contributed by atoms with Crippen molar-refractivity contribution in [3.63, 3.8) is 0 Å². The van der Waals surface area contributed by atoms with Crippen molar-refractivity contribution in [1.82, 2.24) is 5.32 Å². The van der Waals surface area contributed by atoms with Gasteiger partial charge in [-0.1, -0.05) is 46.9 Å². The molecule has 0 saturated heterocycles. The summed E-state index contributed by atoms with van der Waals surface area (Å²) in [6, 6.07) is 10.0. The first-order chi connectivity index (χ1) is 12.5. The first-order valence-electron chi connectivity index (χ1n) is 7.76. The summed E-state index contributed by atoms with van der Waals surface area (Å²) in [6.45, 7) is 0.565. The molecule has 26 heavy (non-hydrogen) atoms. The van der Waals surface area contributed by atoms with Gasteiger partial charge in [-0.15, -0.1) is 11.8 Å². The van der Waals surface area contributed by atoms with Crippen LogP contribution in [-0.2, 0) is 16.3 Å². The van der Waals surface area contributed by atoms with Gasteiger partial charge < -0.3 is 5.32 Å². The molecule has 8 heteroatoms. The van der Waals surface area contributed by atoms with Crippen molar-refractivity contribution < 1.29 is 9.18 Å². The minimum absolute atomic E-state index is 0.0763. The van der Waals surface area contributed by atoms with E-state index in [0.29, 0.717) is 32.9 Å². The molecule has 0 aliphatic carbocycles. The average Bonchev–Trinajstić information content (AvgIpc) is 2.59. The van der Waals surface area contributed by atoms with Crippen LogP contribution in [0.2, 0.25) is 15.1 Å². The van der Waals surface area contributed by atoms with Crippen molar-refractivity contribution >= 4 is 64.2 Å². The van der Waals surface area contributed by atoms with Crippen LogP contribution in [0.5, 0.6) is 0 Å². The van der Waals surface area contributed by atoms with Gasteiger partial charge in [0.25, 0.3) is 0 Å². The van der Waals surface area contributed by atoms with E-state index in [4.69, 9.17) is 34.8 Å². The van der Waals surface area contributed by atoms with Gasteiger partial charge in [0.1, 0.15) is 5.82 Å². The Bertz CT molecular complexity index is 741. The van der Waals surface area contributed by atoms with Crippen LogP contribution in [0.25, 0.3) is 0 Å². The molecule has 0 saturated carbocycles. The Morgan fingerprint density at radius 3 is 2.58 bits per heavy atom. The lowest BCUT2D eigenvalue weighted by molar-refractivity contribution is -0.118. The zero-order valence-corrected chi connectivity index (χ0v) is 17.6. The summed E-state index contributed by atoms with van der Waals surface area (Å²) >= 11 is 21.0. The number of halogens is 4. The fourth-order valence-electron chi connectivity index (χ4n) is 2.05. The molecule has 0 atom stereocenters. The standard InChI is InChI=1S/C18H17Cl3FNOS2/c19-13-5-4-12(16(21)8-13)9-25-7-6-23-18(24)11-26-10-14-15(20)2-1-3-17(14)22/h1-5,8H,6-7,9-11H2,(H,23,24). The van der Waals surface area contributed by atoms with Crippen LogP contribution in [0, 0.1) is 5.82 Å². The quantitative estimate of drug-likeness (QED) is 0.468. The lowest BCUT2D eigenvalue weighted by Crippen LogP contribution is -2.27. The van der Waals surface area contributed by atoms with Gasteiger partial charge in [-0.2, -0.15) is 11.8 Å². The van der Waals surface area contributed by atoms with E-state index in [1.807, 2.05) is 12.1 Å². The van der Waals surface area contributed by atoms with E-state index in [9.17, 15) is 9.18 Å². The normalized spacial score (nSPS) is 10.8. The number of benzene rings is 2. The highest BCUT2D eigenvalue weighted by Gasteiger charge is 2.08. The van der Waals surface area contributed by atoms with Gasteiger partial charge in [0.15, 0.2) is 0 Å². The maximum absolute atomic E-state index is 13.6. The summed E-state index contributed by atoms with van der Waals surface area (Å²) in [5.41, 5.74) is 1.45. The van der Waals surface area contributed by atoms with Gasteiger partial charge in [-0.05, 0) is 29.8 Å². The molecule has 2 rings (SSSR count). The Hall–Kier alpha value is -0.590. The fourth-order valence-corrected chi connectivity index (χ4v) is 4.66. The molecule has 140 valence electrons.